The third-order valence-corrected chi connectivity index (χ3v) is 3.24. The van der Waals surface area contributed by atoms with Gasteiger partial charge in [0.1, 0.15) is 0 Å². The average Bonchev–Trinajstić information content (AvgIpc) is 2.39. The van der Waals surface area contributed by atoms with Crippen molar-refractivity contribution in [2.75, 3.05) is 6.54 Å². The van der Waals surface area contributed by atoms with Crippen LogP contribution in [0, 0.1) is 10.1 Å². The molecule has 1 aromatic carbocycles. The van der Waals surface area contributed by atoms with Crippen LogP contribution in [0.25, 0.3) is 0 Å². The van der Waals surface area contributed by atoms with Gasteiger partial charge in [0.2, 0.25) is 0 Å². The Balaban J connectivity index is 2.23. The fraction of sp³-hybridized carbons (Fsp3) is 0.417. The molecule has 0 radical (unpaired) electrons. The molecule has 96 valence electrons. The van der Waals surface area contributed by atoms with E-state index in [4.69, 9.17) is 5.11 Å². The molecule has 1 unspecified atom stereocenters. The summed E-state index contributed by atoms with van der Waals surface area (Å²) in [5.74, 6) is 0. The zero-order valence-electron chi connectivity index (χ0n) is 9.78. The molecule has 1 atom stereocenters. The van der Waals surface area contributed by atoms with Crippen molar-refractivity contribution < 1.29 is 14.8 Å². The molecular formula is C12H14N2O4. The first kappa shape index (κ1) is 12.3. The Bertz CT molecular complexity index is 458. The van der Waals surface area contributed by atoms with E-state index in [9.17, 15) is 14.9 Å². The quantitative estimate of drug-likeness (QED) is 0.646. The molecule has 1 saturated heterocycles. The van der Waals surface area contributed by atoms with Crippen LogP contribution in [0.5, 0.6) is 0 Å². The standard InChI is InChI=1S/C12H14N2O4/c15-12(16)13-8-2-1-3-11(13)9-4-6-10(7-5-9)14(17)18/h4-7,11H,1-3,8H2,(H,15,16). The van der Waals surface area contributed by atoms with Crippen LogP contribution in [0.4, 0.5) is 10.5 Å². The predicted octanol–water partition coefficient (Wildman–Crippen LogP) is 2.80. The number of rotatable bonds is 2. The minimum Gasteiger partial charge on any atom is -0.465 e. The first-order chi connectivity index (χ1) is 8.59. The van der Waals surface area contributed by atoms with Crippen LogP contribution >= 0.6 is 0 Å². The van der Waals surface area contributed by atoms with Crippen molar-refractivity contribution >= 4 is 11.8 Å². The zero-order chi connectivity index (χ0) is 13.1. The maximum Gasteiger partial charge on any atom is 0.407 e. The summed E-state index contributed by atoms with van der Waals surface area (Å²) in [6.45, 7) is 0.525. The van der Waals surface area contributed by atoms with Crippen molar-refractivity contribution in [2.45, 2.75) is 25.3 Å². The molecule has 0 aromatic heterocycles. The molecule has 0 bridgehead atoms. The highest BCUT2D eigenvalue weighted by atomic mass is 16.6. The first-order valence-electron chi connectivity index (χ1n) is 5.83. The largest absolute Gasteiger partial charge is 0.465 e. The van der Waals surface area contributed by atoms with Gasteiger partial charge in [-0.05, 0) is 24.8 Å². The van der Waals surface area contributed by atoms with Crippen LogP contribution in [0.2, 0.25) is 0 Å². The van der Waals surface area contributed by atoms with Crippen molar-refractivity contribution in [3.8, 4) is 0 Å². The SMILES string of the molecule is O=C(O)N1CCCCC1c1ccc([N+](=O)[O-])cc1. The number of amides is 1. The predicted molar refractivity (Wildman–Crippen MR) is 64.4 cm³/mol. The third-order valence-electron chi connectivity index (χ3n) is 3.24. The van der Waals surface area contributed by atoms with E-state index >= 15 is 0 Å². The molecule has 0 spiro atoms. The lowest BCUT2D eigenvalue weighted by atomic mass is 9.95. The van der Waals surface area contributed by atoms with Crippen molar-refractivity contribution in [1.29, 1.82) is 0 Å². The number of nitro groups is 1. The number of piperidine rings is 1. The summed E-state index contributed by atoms with van der Waals surface area (Å²) in [7, 11) is 0. The van der Waals surface area contributed by atoms with Crippen LogP contribution in [0.3, 0.4) is 0 Å². The number of nitrogens with zero attached hydrogens (tertiary/aromatic N) is 2. The average molecular weight is 250 g/mol. The van der Waals surface area contributed by atoms with E-state index < -0.39 is 11.0 Å². The van der Waals surface area contributed by atoms with Crippen LogP contribution in [-0.4, -0.2) is 27.6 Å². The number of non-ortho nitro benzene ring substituents is 1. The minimum atomic E-state index is -0.932. The summed E-state index contributed by atoms with van der Waals surface area (Å²) in [4.78, 5) is 22.6. The molecule has 1 aliphatic heterocycles. The molecule has 6 nitrogen and oxygen atoms in total. The summed E-state index contributed by atoms with van der Waals surface area (Å²) in [6, 6.07) is 5.94. The molecule has 0 saturated carbocycles. The van der Waals surface area contributed by atoms with Crippen LogP contribution < -0.4 is 0 Å². The summed E-state index contributed by atoms with van der Waals surface area (Å²) in [5.41, 5.74) is 0.846. The second-order valence-electron chi connectivity index (χ2n) is 4.34. The maximum atomic E-state index is 11.1. The zero-order valence-corrected chi connectivity index (χ0v) is 9.78. The number of nitro benzene ring substituents is 1. The molecular weight excluding hydrogens is 236 g/mol. The molecule has 18 heavy (non-hydrogen) atoms. The second kappa shape index (κ2) is 5.03. The molecule has 1 heterocycles. The van der Waals surface area contributed by atoms with E-state index in [0.717, 1.165) is 24.8 Å². The molecule has 1 aliphatic rings. The Morgan fingerprint density at radius 2 is 2.00 bits per heavy atom. The lowest BCUT2D eigenvalue weighted by Crippen LogP contribution is -2.37. The number of carbonyl (C=O) groups is 1. The van der Waals surface area contributed by atoms with Gasteiger partial charge in [0.25, 0.3) is 5.69 Å². The Hall–Kier alpha value is -2.11. The van der Waals surface area contributed by atoms with Gasteiger partial charge in [0, 0.05) is 18.7 Å². The molecule has 0 aliphatic carbocycles. The Morgan fingerprint density at radius 1 is 1.33 bits per heavy atom. The molecule has 1 fully saturated rings. The van der Waals surface area contributed by atoms with Gasteiger partial charge in [-0.2, -0.15) is 0 Å². The van der Waals surface area contributed by atoms with E-state index in [2.05, 4.69) is 0 Å². The summed E-state index contributed by atoms with van der Waals surface area (Å²) in [6.07, 6.45) is 1.68. The van der Waals surface area contributed by atoms with Crippen LogP contribution in [-0.2, 0) is 0 Å². The van der Waals surface area contributed by atoms with Gasteiger partial charge in [-0.1, -0.05) is 12.1 Å². The number of hydrogen-bond acceptors (Lipinski definition) is 3. The number of benzene rings is 1. The monoisotopic (exact) mass is 250 g/mol. The highest BCUT2D eigenvalue weighted by Gasteiger charge is 2.27. The molecule has 1 N–H and O–H groups in total. The second-order valence-corrected chi connectivity index (χ2v) is 4.34. The summed E-state index contributed by atoms with van der Waals surface area (Å²) in [5, 5.41) is 19.7. The number of likely N-dealkylation sites (tertiary alicyclic amines) is 1. The van der Waals surface area contributed by atoms with Gasteiger partial charge < -0.3 is 10.0 Å². The molecule has 6 heteroatoms. The van der Waals surface area contributed by atoms with Crippen molar-refractivity contribution in [3.63, 3.8) is 0 Å². The van der Waals surface area contributed by atoms with Gasteiger partial charge in [-0.25, -0.2) is 4.79 Å². The Kier molecular flexibility index (Phi) is 3.45. The smallest absolute Gasteiger partial charge is 0.407 e. The Labute approximate surface area is 104 Å². The van der Waals surface area contributed by atoms with E-state index in [1.54, 1.807) is 12.1 Å². The Morgan fingerprint density at radius 3 is 2.56 bits per heavy atom. The third kappa shape index (κ3) is 2.42. The molecule has 1 amide bonds. The summed E-state index contributed by atoms with van der Waals surface area (Å²) >= 11 is 0. The minimum absolute atomic E-state index is 0.0245. The van der Waals surface area contributed by atoms with E-state index in [1.165, 1.54) is 17.0 Å². The van der Waals surface area contributed by atoms with Crippen molar-refractivity contribution in [2.24, 2.45) is 0 Å². The van der Waals surface area contributed by atoms with E-state index in [-0.39, 0.29) is 11.7 Å². The molecule has 2 rings (SSSR count). The lowest BCUT2D eigenvalue weighted by Gasteiger charge is -2.33. The van der Waals surface area contributed by atoms with Crippen molar-refractivity contribution in [3.05, 3.63) is 39.9 Å². The van der Waals surface area contributed by atoms with Gasteiger partial charge in [-0.15, -0.1) is 0 Å². The number of hydrogen-bond donors (Lipinski definition) is 1. The fourth-order valence-corrected chi connectivity index (χ4v) is 2.33. The highest BCUT2D eigenvalue weighted by molar-refractivity contribution is 5.66. The maximum absolute atomic E-state index is 11.1. The summed E-state index contributed by atoms with van der Waals surface area (Å²) < 4.78 is 0. The van der Waals surface area contributed by atoms with E-state index in [0.29, 0.717) is 6.54 Å². The van der Waals surface area contributed by atoms with Crippen LogP contribution in [0.15, 0.2) is 24.3 Å². The molecule has 1 aromatic rings. The lowest BCUT2D eigenvalue weighted by molar-refractivity contribution is -0.384. The topological polar surface area (TPSA) is 83.7 Å². The van der Waals surface area contributed by atoms with Gasteiger partial charge in [0.05, 0.1) is 11.0 Å². The van der Waals surface area contributed by atoms with E-state index in [1.807, 2.05) is 0 Å². The van der Waals surface area contributed by atoms with Crippen molar-refractivity contribution in [1.82, 2.24) is 4.90 Å². The van der Waals surface area contributed by atoms with Gasteiger partial charge >= 0.3 is 6.09 Å². The number of carboxylic acid groups (broad SMARTS) is 1. The van der Waals surface area contributed by atoms with Gasteiger partial charge in [0.15, 0.2) is 0 Å². The van der Waals surface area contributed by atoms with Gasteiger partial charge in [-0.3, -0.25) is 10.1 Å². The first-order valence-corrected chi connectivity index (χ1v) is 5.83. The normalized spacial score (nSPS) is 19.6. The van der Waals surface area contributed by atoms with Crippen LogP contribution in [0.1, 0.15) is 30.9 Å². The highest BCUT2D eigenvalue weighted by Crippen LogP contribution is 2.31. The fourth-order valence-electron chi connectivity index (χ4n) is 2.33.